The van der Waals surface area contributed by atoms with E-state index in [0.29, 0.717) is 0 Å². The number of para-hydroxylation sites is 1. The van der Waals surface area contributed by atoms with Crippen LogP contribution in [0.1, 0.15) is 0 Å². The van der Waals surface area contributed by atoms with Crippen molar-refractivity contribution in [3.8, 4) is 50.2 Å². The lowest BCUT2D eigenvalue weighted by atomic mass is 9.33. The SMILES string of the molecule is c1ccc(-c2cccc(N3c4cc(-c5ccccc5)ccc4B4c5ccc6c(c5N(c5cccc(-c7ccccc7)c5)c5cccc3c54)c3ccccc3n6-c3cccc(-c4ccccc4)c3)c2)cc1. The van der Waals surface area contributed by atoms with E-state index in [4.69, 9.17) is 0 Å². The molecule has 3 nitrogen and oxygen atoms in total. The topological polar surface area (TPSA) is 11.4 Å². The van der Waals surface area contributed by atoms with Gasteiger partial charge in [0, 0.05) is 44.9 Å². The Labute approximate surface area is 408 Å². The number of anilines is 6. The Kier molecular flexibility index (Phi) is 9.31. The highest BCUT2D eigenvalue weighted by Crippen LogP contribution is 2.49. The first-order valence-corrected chi connectivity index (χ1v) is 24.2. The summed E-state index contributed by atoms with van der Waals surface area (Å²) in [6.45, 7) is -0.0592. The molecule has 1 aromatic heterocycles. The Morgan fingerprint density at radius 2 is 0.714 bits per heavy atom. The summed E-state index contributed by atoms with van der Waals surface area (Å²) in [4.78, 5) is 5.11. The molecular formula is C66H44BN3. The summed E-state index contributed by atoms with van der Waals surface area (Å²) in [5, 5.41) is 2.46. The van der Waals surface area contributed by atoms with Crippen LogP contribution in [0.25, 0.3) is 72.0 Å². The molecule has 0 atom stereocenters. The first-order chi connectivity index (χ1) is 34.7. The van der Waals surface area contributed by atoms with Crippen molar-refractivity contribution in [3.05, 3.63) is 267 Å². The van der Waals surface area contributed by atoms with Gasteiger partial charge in [0.25, 0.3) is 6.71 Å². The fourth-order valence-electron chi connectivity index (χ4n) is 11.5. The van der Waals surface area contributed by atoms with Crippen LogP contribution in [-0.2, 0) is 0 Å². The van der Waals surface area contributed by atoms with E-state index >= 15 is 0 Å². The quantitative estimate of drug-likeness (QED) is 0.148. The summed E-state index contributed by atoms with van der Waals surface area (Å²) in [5.74, 6) is 0. The molecule has 70 heavy (non-hydrogen) atoms. The molecule has 0 saturated carbocycles. The molecule has 0 N–H and O–H groups in total. The van der Waals surface area contributed by atoms with Crippen LogP contribution >= 0.6 is 0 Å². The molecule has 0 bridgehead atoms. The van der Waals surface area contributed by atoms with Crippen LogP contribution in [0.5, 0.6) is 0 Å². The standard InChI is InChI=1S/C66H44BN3/c1-5-19-45(20-6-1)49-27-15-30-53(41-49)68-59-34-14-13-33-56(59)64-60(68)40-39-58-66(64)70(55-32-17-29-51(43-55)47-23-9-3-10-24-47)62-36-18-35-61-65(62)67(58)57-38-37-52(48-25-11-4-12-26-48)44-63(57)69(61)54-31-16-28-50(42-54)46-21-7-2-8-22-46/h1-44H. The van der Waals surface area contributed by atoms with Crippen LogP contribution in [0.3, 0.4) is 0 Å². The molecule has 4 heteroatoms. The van der Waals surface area contributed by atoms with E-state index < -0.39 is 0 Å². The molecule has 0 spiro atoms. The summed E-state index contributed by atoms with van der Waals surface area (Å²) in [7, 11) is 0. The maximum absolute atomic E-state index is 2.58. The predicted molar refractivity (Wildman–Crippen MR) is 297 cm³/mol. The highest BCUT2D eigenvalue weighted by Gasteiger charge is 2.44. The van der Waals surface area contributed by atoms with Crippen LogP contribution in [0.15, 0.2) is 267 Å². The molecule has 0 unspecified atom stereocenters. The number of rotatable bonds is 7. The summed E-state index contributed by atoms with van der Waals surface area (Å²) < 4.78 is 2.48. The van der Waals surface area contributed by atoms with Crippen molar-refractivity contribution in [2.75, 3.05) is 9.80 Å². The molecule has 2 aliphatic heterocycles. The van der Waals surface area contributed by atoms with Crippen molar-refractivity contribution in [3.63, 3.8) is 0 Å². The number of benzene rings is 11. The first kappa shape index (κ1) is 40.0. The molecule has 12 aromatic rings. The van der Waals surface area contributed by atoms with Crippen molar-refractivity contribution >= 4 is 79.0 Å². The lowest BCUT2D eigenvalue weighted by Crippen LogP contribution is -2.61. The van der Waals surface area contributed by atoms with E-state index in [2.05, 4.69) is 281 Å². The molecule has 2 aliphatic rings. The van der Waals surface area contributed by atoms with Crippen molar-refractivity contribution in [2.24, 2.45) is 0 Å². The zero-order valence-electron chi connectivity index (χ0n) is 38.3. The molecule has 14 rings (SSSR count). The Balaban J connectivity index is 1.07. The molecule has 0 amide bonds. The van der Waals surface area contributed by atoms with Gasteiger partial charge in [-0.05, 0) is 128 Å². The Morgan fingerprint density at radius 1 is 0.271 bits per heavy atom. The van der Waals surface area contributed by atoms with Crippen LogP contribution in [0.4, 0.5) is 34.1 Å². The molecule has 0 fully saturated rings. The van der Waals surface area contributed by atoms with Gasteiger partial charge in [0.15, 0.2) is 0 Å². The Hall–Kier alpha value is -9.12. The fraction of sp³-hybridized carbons (Fsp3) is 0. The van der Waals surface area contributed by atoms with Gasteiger partial charge >= 0.3 is 0 Å². The molecule has 0 radical (unpaired) electrons. The fourth-order valence-corrected chi connectivity index (χ4v) is 11.5. The highest BCUT2D eigenvalue weighted by atomic mass is 15.2. The minimum Gasteiger partial charge on any atom is -0.311 e. The second-order valence-corrected chi connectivity index (χ2v) is 18.5. The van der Waals surface area contributed by atoms with Gasteiger partial charge in [0.05, 0.1) is 16.7 Å². The van der Waals surface area contributed by atoms with E-state index in [0.717, 1.165) is 17.1 Å². The van der Waals surface area contributed by atoms with Crippen molar-refractivity contribution in [1.82, 2.24) is 4.57 Å². The van der Waals surface area contributed by atoms with Crippen molar-refractivity contribution in [1.29, 1.82) is 0 Å². The maximum Gasteiger partial charge on any atom is 0.252 e. The number of aromatic nitrogens is 1. The van der Waals surface area contributed by atoms with Crippen LogP contribution in [0, 0.1) is 0 Å². The van der Waals surface area contributed by atoms with Crippen LogP contribution in [-0.4, -0.2) is 11.3 Å². The second-order valence-electron chi connectivity index (χ2n) is 18.5. The third-order valence-corrected chi connectivity index (χ3v) is 14.5. The first-order valence-electron chi connectivity index (χ1n) is 24.2. The van der Waals surface area contributed by atoms with Gasteiger partial charge in [-0.15, -0.1) is 0 Å². The Bertz CT molecular complexity index is 3960. The van der Waals surface area contributed by atoms with Gasteiger partial charge in [-0.2, -0.15) is 0 Å². The van der Waals surface area contributed by atoms with Crippen LogP contribution in [0.2, 0.25) is 0 Å². The summed E-state index contributed by atoms with van der Waals surface area (Å²) in [6, 6.07) is 98.2. The highest BCUT2D eigenvalue weighted by molar-refractivity contribution is 7.00. The smallest absolute Gasteiger partial charge is 0.252 e. The second kappa shape index (κ2) is 16.3. The number of fused-ring (bicyclic) bond motifs is 8. The van der Waals surface area contributed by atoms with Crippen molar-refractivity contribution < 1.29 is 0 Å². The molecule has 0 aliphatic carbocycles. The van der Waals surface area contributed by atoms with Gasteiger partial charge in [-0.1, -0.05) is 200 Å². The van der Waals surface area contributed by atoms with Gasteiger partial charge in [0.2, 0.25) is 0 Å². The number of nitrogens with zero attached hydrogens (tertiary/aromatic N) is 3. The maximum atomic E-state index is 2.58. The van der Waals surface area contributed by atoms with Gasteiger partial charge < -0.3 is 14.4 Å². The lowest BCUT2D eigenvalue weighted by Gasteiger charge is -2.44. The number of hydrogen-bond donors (Lipinski definition) is 0. The van der Waals surface area contributed by atoms with Gasteiger partial charge in [0.1, 0.15) is 0 Å². The summed E-state index contributed by atoms with van der Waals surface area (Å²) in [5.41, 5.74) is 23.9. The summed E-state index contributed by atoms with van der Waals surface area (Å²) in [6.07, 6.45) is 0. The van der Waals surface area contributed by atoms with E-state index in [1.807, 2.05) is 0 Å². The molecule has 11 aromatic carbocycles. The third-order valence-electron chi connectivity index (χ3n) is 14.5. The normalized spacial score (nSPS) is 12.5. The van der Waals surface area contributed by atoms with Crippen molar-refractivity contribution in [2.45, 2.75) is 0 Å². The van der Waals surface area contributed by atoms with E-state index in [9.17, 15) is 0 Å². The summed E-state index contributed by atoms with van der Waals surface area (Å²) >= 11 is 0. The average molecular weight is 890 g/mol. The monoisotopic (exact) mass is 889 g/mol. The largest absolute Gasteiger partial charge is 0.311 e. The zero-order valence-corrected chi connectivity index (χ0v) is 38.3. The number of hydrogen-bond acceptors (Lipinski definition) is 2. The minimum absolute atomic E-state index is 0.0592. The predicted octanol–water partition coefficient (Wildman–Crippen LogP) is 15.5. The molecule has 3 heterocycles. The average Bonchev–Trinajstić information content (AvgIpc) is 3.79. The third kappa shape index (κ3) is 6.38. The van der Waals surface area contributed by atoms with Crippen LogP contribution < -0.4 is 26.2 Å². The zero-order chi connectivity index (χ0) is 46.1. The van der Waals surface area contributed by atoms with E-state index in [1.54, 1.807) is 0 Å². The molecule has 0 saturated heterocycles. The minimum atomic E-state index is -0.0592. The van der Waals surface area contributed by atoms with Gasteiger partial charge in [-0.25, -0.2) is 0 Å². The Morgan fingerprint density at radius 3 is 1.30 bits per heavy atom. The lowest BCUT2D eigenvalue weighted by molar-refractivity contribution is 1.18. The molecule has 326 valence electrons. The van der Waals surface area contributed by atoms with E-state index in [1.165, 1.54) is 105 Å². The van der Waals surface area contributed by atoms with Gasteiger partial charge in [-0.3, -0.25) is 0 Å². The molecular weight excluding hydrogens is 846 g/mol. The van der Waals surface area contributed by atoms with E-state index in [-0.39, 0.29) is 6.71 Å².